The lowest BCUT2D eigenvalue weighted by Crippen LogP contribution is -2.11. The third-order valence-corrected chi connectivity index (χ3v) is 2.60. The number of aliphatic hydroxyl groups excluding tert-OH is 1. The van der Waals surface area contributed by atoms with Gasteiger partial charge >= 0.3 is 0 Å². The van der Waals surface area contributed by atoms with Gasteiger partial charge in [-0.05, 0) is 6.42 Å². The van der Waals surface area contributed by atoms with Crippen molar-refractivity contribution in [3.63, 3.8) is 0 Å². The summed E-state index contributed by atoms with van der Waals surface area (Å²) in [5.74, 6) is 0.472. The molecule has 2 aromatic heterocycles. The van der Waals surface area contributed by atoms with Crippen molar-refractivity contribution in [1.82, 2.24) is 19.7 Å². The van der Waals surface area contributed by atoms with Crippen molar-refractivity contribution < 1.29 is 5.11 Å². The highest BCUT2D eigenvalue weighted by atomic mass is 35.5. The van der Waals surface area contributed by atoms with E-state index in [0.29, 0.717) is 16.5 Å². The Kier molecular flexibility index (Phi) is 3.26. The Morgan fingerprint density at radius 2 is 2.44 bits per heavy atom. The summed E-state index contributed by atoms with van der Waals surface area (Å²) in [5, 5.41) is 14.7. The number of aromatic amines is 1. The molecule has 0 radical (unpaired) electrons. The molecule has 0 aromatic carbocycles. The van der Waals surface area contributed by atoms with Crippen LogP contribution in [0.15, 0.2) is 18.6 Å². The first-order valence-corrected chi connectivity index (χ1v) is 5.50. The Hall–Kier alpha value is -1.33. The van der Waals surface area contributed by atoms with Crippen molar-refractivity contribution in [3.8, 4) is 0 Å². The van der Waals surface area contributed by atoms with Gasteiger partial charge < -0.3 is 10.1 Å². The lowest BCUT2D eigenvalue weighted by Gasteiger charge is -2.11. The first-order chi connectivity index (χ1) is 7.74. The molecule has 2 aromatic rings. The Balaban J connectivity index is 2.35. The molecule has 2 rings (SSSR count). The highest BCUT2D eigenvalue weighted by molar-refractivity contribution is 6.31. The molecule has 0 aliphatic rings. The van der Waals surface area contributed by atoms with Gasteiger partial charge in [0.05, 0.1) is 16.9 Å². The van der Waals surface area contributed by atoms with Gasteiger partial charge in [0, 0.05) is 18.9 Å². The minimum atomic E-state index is -0.864. The second kappa shape index (κ2) is 4.67. The fourth-order valence-corrected chi connectivity index (χ4v) is 1.83. The van der Waals surface area contributed by atoms with Gasteiger partial charge in [-0.15, -0.1) is 0 Å². The van der Waals surface area contributed by atoms with E-state index in [4.69, 9.17) is 11.6 Å². The summed E-state index contributed by atoms with van der Waals surface area (Å²) in [7, 11) is 0. The van der Waals surface area contributed by atoms with Gasteiger partial charge in [-0.1, -0.05) is 18.5 Å². The van der Waals surface area contributed by atoms with Gasteiger partial charge in [0.1, 0.15) is 5.82 Å². The number of hydrogen-bond acceptors (Lipinski definition) is 3. The van der Waals surface area contributed by atoms with E-state index >= 15 is 0 Å². The number of halogens is 1. The number of aliphatic hydroxyl groups is 1. The molecule has 1 unspecified atom stereocenters. The van der Waals surface area contributed by atoms with Gasteiger partial charge in [-0.2, -0.15) is 5.10 Å². The molecule has 6 heteroatoms. The van der Waals surface area contributed by atoms with Crippen LogP contribution in [0.1, 0.15) is 31.0 Å². The highest BCUT2D eigenvalue weighted by Gasteiger charge is 2.21. The van der Waals surface area contributed by atoms with E-state index in [-0.39, 0.29) is 0 Å². The molecule has 86 valence electrons. The van der Waals surface area contributed by atoms with Crippen molar-refractivity contribution in [3.05, 3.63) is 35.1 Å². The largest absolute Gasteiger partial charge is 0.379 e. The van der Waals surface area contributed by atoms with Gasteiger partial charge in [0.2, 0.25) is 0 Å². The number of nitrogens with one attached hydrogen (secondary N) is 1. The van der Waals surface area contributed by atoms with Crippen LogP contribution in [0.25, 0.3) is 0 Å². The topological polar surface area (TPSA) is 66.7 Å². The van der Waals surface area contributed by atoms with Crippen LogP contribution in [0.2, 0.25) is 5.02 Å². The average molecular weight is 241 g/mol. The lowest BCUT2D eigenvalue weighted by molar-refractivity contribution is 0.198. The first kappa shape index (κ1) is 11.2. The van der Waals surface area contributed by atoms with Crippen LogP contribution in [0.5, 0.6) is 0 Å². The molecule has 0 saturated heterocycles. The van der Waals surface area contributed by atoms with E-state index in [1.165, 1.54) is 0 Å². The number of hydrogen-bond donors (Lipinski definition) is 2. The SMILES string of the molecule is CCCn1ncc(Cl)c1C(O)c1ncc[nH]1. The maximum absolute atomic E-state index is 10.1. The molecule has 0 amide bonds. The van der Waals surface area contributed by atoms with Crippen molar-refractivity contribution >= 4 is 11.6 Å². The summed E-state index contributed by atoms with van der Waals surface area (Å²) in [6, 6.07) is 0. The molecule has 2 heterocycles. The van der Waals surface area contributed by atoms with E-state index in [9.17, 15) is 5.11 Å². The molecule has 16 heavy (non-hydrogen) atoms. The third-order valence-electron chi connectivity index (χ3n) is 2.31. The van der Waals surface area contributed by atoms with E-state index in [1.807, 2.05) is 6.92 Å². The monoisotopic (exact) mass is 240 g/mol. The van der Waals surface area contributed by atoms with Crippen molar-refractivity contribution in [2.45, 2.75) is 26.0 Å². The van der Waals surface area contributed by atoms with Gasteiger partial charge in [-0.25, -0.2) is 4.98 Å². The summed E-state index contributed by atoms with van der Waals surface area (Å²) < 4.78 is 1.70. The molecule has 0 bridgehead atoms. The van der Waals surface area contributed by atoms with Crippen molar-refractivity contribution in [2.24, 2.45) is 0 Å². The van der Waals surface area contributed by atoms with Crippen LogP contribution in [0.3, 0.4) is 0 Å². The summed E-state index contributed by atoms with van der Waals surface area (Å²) in [4.78, 5) is 6.87. The number of nitrogens with zero attached hydrogens (tertiary/aromatic N) is 3. The predicted molar refractivity (Wildman–Crippen MR) is 60.2 cm³/mol. The van der Waals surface area contributed by atoms with E-state index < -0.39 is 6.10 Å². The Bertz CT molecular complexity index is 451. The summed E-state index contributed by atoms with van der Waals surface area (Å²) >= 11 is 6.01. The molecule has 0 aliphatic carbocycles. The van der Waals surface area contributed by atoms with E-state index in [2.05, 4.69) is 15.1 Å². The van der Waals surface area contributed by atoms with Crippen molar-refractivity contribution in [2.75, 3.05) is 0 Å². The van der Waals surface area contributed by atoms with Crippen LogP contribution in [-0.2, 0) is 6.54 Å². The van der Waals surface area contributed by atoms with Crippen LogP contribution in [0, 0.1) is 0 Å². The molecular formula is C10H13ClN4O. The van der Waals surface area contributed by atoms with E-state index in [0.717, 1.165) is 13.0 Å². The second-order valence-electron chi connectivity index (χ2n) is 3.48. The molecule has 5 nitrogen and oxygen atoms in total. The van der Waals surface area contributed by atoms with Crippen LogP contribution in [-0.4, -0.2) is 24.9 Å². The van der Waals surface area contributed by atoms with E-state index in [1.54, 1.807) is 23.3 Å². The molecular weight excluding hydrogens is 228 g/mol. The van der Waals surface area contributed by atoms with Gasteiger partial charge in [-0.3, -0.25) is 4.68 Å². The Morgan fingerprint density at radius 3 is 3.06 bits per heavy atom. The predicted octanol–water partition coefficient (Wildman–Crippen LogP) is 1.75. The molecule has 1 atom stereocenters. The number of imidazole rings is 1. The average Bonchev–Trinajstić information content (AvgIpc) is 2.88. The van der Waals surface area contributed by atoms with Crippen LogP contribution < -0.4 is 0 Å². The Labute approximate surface area is 98.1 Å². The molecule has 2 N–H and O–H groups in total. The maximum atomic E-state index is 10.1. The molecule has 0 spiro atoms. The zero-order chi connectivity index (χ0) is 11.5. The summed E-state index contributed by atoms with van der Waals surface area (Å²) in [6.07, 6.45) is 4.85. The highest BCUT2D eigenvalue weighted by Crippen LogP contribution is 2.26. The number of aromatic nitrogens is 4. The zero-order valence-corrected chi connectivity index (χ0v) is 9.65. The molecule has 0 saturated carbocycles. The maximum Gasteiger partial charge on any atom is 0.154 e. The normalized spacial score (nSPS) is 12.9. The fourth-order valence-electron chi connectivity index (χ4n) is 1.59. The zero-order valence-electron chi connectivity index (χ0n) is 8.89. The molecule has 0 fully saturated rings. The number of rotatable bonds is 4. The lowest BCUT2D eigenvalue weighted by atomic mass is 10.2. The standard InChI is InChI=1S/C10H13ClN4O/c1-2-5-15-8(7(11)6-14-15)9(16)10-12-3-4-13-10/h3-4,6,9,16H,2,5H2,1H3,(H,12,13). The minimum Gasteiger partial charge on any atom is -0.379 e. The van der Waals surface area contributed by atoms with Crippen LogP contribution in [0.4, 0.5) is 0 Å². The Morgan fingerprint density at radius 1 is 1.62 bits per heavy atom. The van der Waals surface area contributed by atoms with Crippen molar-refractivity contribution in [1.29, 1.82) is 0 Å². The third kappa shape index (κ3) is 1.96. The fraction of sp³-hybridized carbons (Fsp3) is 0.400. The minimum absolute atomic E-state index is 0.456. The quantitative estimate of drug-likeness (QED) is 0.856. The molecule has 0 aliphatic heterocycles. The summed E-state index contributed by atoms with van der Waals surface area (Å²) in [5.41, 5.74) is 0.582. The second-order valence-corrected chi connectivity index (χ2v) is 3.89. The van der Waals surface area contributed by atoms with Crippen LogP contribution >= 0.6 is 11.6 Å². The first-order valence-electron chi connectivity index (χ1n) is 5.12. The smallest absolute Gasteiger partial charge is 0.154 e. The summed E-state index contributed by atoms with van der Waals surface area (Å²) in [6.45, 7) is 2.76. The van der Waals surface area contributed by atoms with Gasteiger partial charge in [0.25, 0.3) is 0 Å². The number of H-pyrrole nitrogens is 1. The van der Waals surface area contributed by atoms with Gasteiger partial charge in [0.15, 0.2) is 6.10 Å². The number of aryl methyl sites for hydroxylation is 1.